The molecule has 2 rings (SSSR count). The van der Waals surface area contributed by atoms with Crippen LogP contribution in [0.25, 0.3) is 0 Å². The van der Waals surface area contributed by atoms with Crippen LogP contribution in [-0.2, 0) is 6.18 Å². The summed E-state index contributed by atoms with van der Waals surface area (Å²) in [6.45, 7) is 1.35. The predicted octanol–water partition coefficient (Wildman–Crippen LogP) is 8.20. The molecule has 3 nitrogen and oxygen atoms in total. The number of ether oxygens (including phenoxy) is 2. The van der Waals surface area contributed by atoms with Gasteiger partial charge in [0.05, 0.1) is 21.1 Å². The number of hydrogen-bond acceptors (Lipinski definition) is 3. The molecule has 1 N–H and O–H groups in total. The Morgan fingerprint density at radius 1 is 1.00 bits per heavy atom. The Hall–Kier alpha value is -1.09. The number of benzene rings is 2. The third-order valence-corrected chi connectivity index (χ3v) is 5.30. The second-order valence-corrected chi connectivity index (χ2v) is 8.79. The number of hydrogen-bond donors (Lipinski definition) is 1. The van der Waals surface area contributed by atoms with Gasteiger partial charge in [-0.2, -0.15) is 13.2 Å². The van der Waals surface area contributed by atoms with Gasteiger partial charge in [-0.25, -0.2) is 0 Å². The smallest absolute Gasteiger partial charge is 0.416 e. The van der Waals surface area contributed by atoms with Gasteiger partial charge in [-0.15, -0.1) is 0 Å². The zero-order valence-electron chi connectivity index (χ0n) is 15.5. The minimum Gasteiger partial charge on any atom is -0.491 e. The highest BCUT2D eigenvalue weighted by molar-refractivity contribution is 9.11. The van der Waals surface area contributed by atoms with Crippen LogP contribution in [0.5, 0.6) is 11.5 Å². The van der Waals surface area contributed by atoms with E-state index in [2.05, 4.69) is 37.2 Å². The van der Waals surface area contributed by atoms with E-state index in [1.807, 2.05) is 0 Å². The standard InChI is InChI=1S/C20H18Br2Cl2F3NO2/c21-16-11-15(29-10-7-18(23)24)12-17(22)19(16)30-9-2-1-8-28-14-5-3-13(4-6-14)20(25,26)27/h3-7,11-12,28H,1-2,8-10H2. The third-order valence-electron chi connectivity index (χ3n) is 3.82. The van der Waals surface area contributed by atoms with Crippen LogP contribution < -0.4 is 14.8 Å². The Bertz CT molecular complexity index is 835. The van der Waals surface area contributed by atoms with Gasteiger partial charge in [0, 0.05) is 12.2 Å². The molecule has 0 fully saturated rings. The molecule has 0 unspecified atom stereocenters. The maximum absolute atomic E-state index is 12.6. The van der Waals surface area contributed by atoms with Crippen LogP contribution in [0, 0.1) is 0 Å². The highest BCUT2D eigenvalue weighted by Gasteiger charge is 2.29. The van der Waals surface area contributed by atoms with Gasteiger partial charge < -0.3 is 14.8 Å². The summed E-state index contributed by atoms with van der Waals surface area (Å²) in [6.07, 6.45) is -1.22. The van der Waals surface area contributed by atoms with Crippen molar-refractivity contribution in [1.29, 1.82) is 0 Å². The van der Waals surface area contributed by atoms with Crippen molar-refractivity contribution in [3.05, 3.63) is 61.5 Å². The Morgan fingerprint density at radius 2 is 1.63 bits per heavy atom. The van der Waals surface area contributed by atoms with E-state index in [9.17, 15) is 13.2 Å². The summed E-state index contributed by atoms with van der Waals surface area (Å²) < 4.78 is 50.6. The van der Waals surface area contributed by atoms with E-state index in [4.69, 9.17) is 32.7 Å². The van der Waals surface area contributed by atoms with E-state index in [-0.39, 0.29) is 11.1 Å². The largest absolute Gasteiger partial charge is 0.491 e. The van der Waals surface area contributed by atoms with Crippen LogP contribution in [0.15, 0.2) is 55.9 Å². The molecule has 0 aliphatic heterocycles. The number of halogens is 7. The number of nitrogens with one attached hydrogen (secondary N) is 1. The topological polar surface area (TPSA) is 30.5 Å². The summed E-state index contributed by atoms with van der Waals surface area (Å²) in [4.78, 5) is 0. The molecule has 0 saturated heterocycles. The maximum Gasteiger partial charge on any atom is 0.416 e. The normalized spacial score (nSPS) is 11.2. The van der Waals surface area contributed by atoms with Crippen LogP contribution in [0.1, 0.15) is 18.4 Å². The highest BCUT2D eigenvalue weighted by Crippen LogP contribution is 2.37. The lowest BCUT2D eigenvalue weighted by Gasteiger charge is -2.13. The van der Waals surface area contributed by atoms with Crippen LogP contribution >= 0.6 is 55.1 Å². The molecule has 0 saturated carbocycles. The maximum atomic E-state index is 12.6. The molecular formula is C20H18Br2Cl2F3NO2. The van der Waals surface area contributed by atoms with Crippen molar-refractivity contribution < 1.29 is 22.6 Å². The SMILES string of the molecule is FC(F)(F)c1ccc(NCCCCOc2c(Br)cc(OCC=C(Cl)Cl)cc2Br)cc1. The van der Waals surface area contributed by atoms with Gasteiger partial charge in [0.15, 0.2) is 0 Å². The molecule has 0 radical (unpaired) electrons. The van der Waals surface area contributed by atoms with Crippen LogP contribution in [0.4, 0.5) is 18.9 Å². The minimum absolute atomic E-state index is 0.140. The van der Waals surface area contributed by atoms with E-state index in [1.54, 1.807) is 12.1 Å². The summed E-state index contributed by atoms with van der Waals surface area (Å²) in [5.41, 5.74) is -0.0105. The molecule has 0 aliphatic carbocycles. The lowest BCUT2D eigenvalue weighted by Crippen LogP contribution is -2.07. The molecule has 0 amide bonds. The Kier molecular flexibility index (Phi) is 10.1. The molecule has 30 heavy (non-hydrogen) atoms. The lowest BCUT2D eigenvalue weighted by atomic mass is 10.2. The molecule has 0 aliphatic rings. The Morgan fingerprint density at radius 3 is 2.20 bits per heavy atom. The van der Waals surface area contributed by atoms with Crippen molar-refractivity contribution >= 4 is 60.7 Å². The first-order valence-electron chi connectivity index (χ1n) is 8.84. The zero-order valence-corrected chi connectivity index (χ0v) is 20.2. The monoisotopic (exact) mass is 589 g/mol. The zero-order chi connectivity index (χ0) is 22.1. The average Bonchev–Trinajstić information content (AvgIpc) is 2.65. The highest BCUT2D eigenvalue weighted by atomic mass is 79.9. The van der Waals surface area contributed by atoms with Gasteiger partial charge in [0.1, 0.15) is 22.6 Å². The van der Waals surface area contributed by atoms with Crippen LogP contribution in [-0.4, -0.2) is 19.8 Å². The van der Waals surface area contributed by atoms with E-state index < -0.39 is 11.7 Å². The van der Waals surface area contributed by atoms with Gasteiger partial charge in [-0.3, -0.25) is 0 Å². The number of rotatable bonds is 10. The van der Waals surface area contributed by atoms with Crippen molar-refractivity contribution in [2.75, 3.05) is 25.1 Å². The van der Waals surface area contributed by atoms with Crippen molar-refractivity contribution in [2.45, 2.75) is 19.0 Å². The molecule has 0 atom stereocenters. The minimum atomic E-state index is -4.32. The molecule has 164 valence electrons. The van der Waals surface area contributed by atoms with Crippen LogP contribution in [0.2, 0.25) is 0 Å². The second kappa shape index (κ2) is 12.1. The van der Waals surface area contributed by atoms with Gasteiger partial charge in [0.25, 0.3) is 0 Å². The van der Waals surface area contributed by atoms with E-state index in [0.717, 1.165) is 33.9 Å². The van der Waals surface area contributed by atoms with E-state index >= 15 is 0 Å². The van der Waals surface area contributed by atoms with Crippen molar-refractivity contribution in [3.8, 4) is 11.5 Å². The summed E-state index contributed by atoms with van der Waals surface area (Å²) in [5, 5.41) is 3.10. The van der Waals surface area contributed by atoms with E-state index in [1.165, 1.54) is 18.2 Å². The van der Waals surface area contributed by atoms with Crippen LogP contribution in [0.3, 0.4) is 0 Å². The first kappa shape index (κ1) is 25.2. The van der Waals surface area contributed by atoms with Crippen molar-refractivity contribution in [3.63, 3.8) is 0 Å². The first-order valence-corrected chi connectivity index (χ1v) is 11.2. The average molecular weight is 592 g/mol. The number of anilines is 1. The summed E-state index contributed by atoms with van der Waals surface area (Å²) >= 11 is 18.0. The van der Waals surface area contributed by atoms with Gasteiger partial charge in [-0.05, 0) is 87.2 Å². The Balaban J connectivity index is 1.73. The van der Waals surface area contributed by atoms with Crippen molar-refractivity contribution in [2.24, 2.45) is 0 Å². The molecule has 2 aromatic carbocycles. The molecule has 10 heteroatoms. The predicted molar refractivity (Wildman–Crippen MR) is 122 cm³/mol. The molecule has 0 bridgehead atoms. The fourth-order valence-corrected chi connectivity index (χ4v) is 3.87. The fraction of sp³-hybridized carbons (Fsp3) is 0.300. The first-order chi connectivity index (χ1) is 14.2. The molecular weight excluding hydrogens is 574 g/mol. The lowest BCUT2D eigenvalue weighted by molar-refractivity contribution is -0.137. The van der Waals surface area contributed by atoms with E-state index in [0.29, 0.717) is 30.3 Å². The molecule has 0 heterocycles. The Labute approximate surface area is 199 Å². The van der Waals surface area contributed by atoms with Gasteiger partial charge in [-0.1, -0.05) is 23.2 Å². The third kappa shape index (κ3) is 8.57. The number of alkyl halides is 3. The second-order valence-electron chi connectivity index (χ2n) is 6.08. The molecule has 2 aromatic rings. The molecule has 0 aromatic heterocycles. The molecule has 0 spiro atoms. The number of unbranched alkanes of at least 4 members (excludes halogenated alkanes) is 1. The fourth-order valence-electron chi connectivity index (χ4n) is 2.37. The summed E-state index contributed by atoms with van der Waals surface area (Å²) in [5.74, 6) is 1.27. The van der Waals surface area contributed by atoms with Crippen molar-refractivity contribution in [1.82, 2.24) is 0 Å². The quantitative estimate of drug-likeness (QED) is 0.283. The van der Waals surface area contributed by atoms with Gasteiger partial charge >= 0.3 is 6.18 Å². The van der Waals surface area contributed by atoms with Gasteiger partial charge in [0.2, 0.25) is 0 Å². The summed E-state index contributed by atoms with van der Waals surface area (Å²) in [7, 11) is 0. The summed E-state index contributed by atoms with van der Waals surface area (Å²) in [6, 6.07) is 8.54.